The number of hydrogen-bond donors (Lipinski definition) is 1. The zero-order valence-corrected chi connectivity index (χ0v) is 15.8. The maximum absolute atomic E-state index is 5.95. The molecule has 0 unspecified atom stereocenters. The topological polar surface area (TPSA) is 30.5 Å². The fourth-order valence-corrected chi connectivity index (χ4v) is 2.40. The van der Waals surface area contributed by atoms with Gasteiger partial charge in [0.2, 0.25) is 0 Å². The van der Waals surface area contributed by atoms with Gasteiger partial charge in [0.15, 0.2) is 0 Å². The number of unbranched alkanes of at least 4 members (excludes halogenated alkanes) is 1. The highest BCUT2D eigenvalue weighted by Gasteiger charge is 2.04. The van der Waals surface area contributed by atoms with Gasteiger partial charge < -0.3 is 14.8 Å². The summed E-state index contributed by atoms with van der Waals surface area (Å²) >= 11 is 0. The van der Waals surface area contributed by atoms with E-state index in [-0.39, 0.29) is 0 Å². The van der Waals surface area contributed by atoms with Gasteiger partial charge in [0.25, 0.3) is 0 Å². The lowest BCUT2D eigenvalue weighted by atomic mass is 10.1. The van der Waals surface area contributed by atoms with Gasteiger partial charge in [-0.05, 0) is 49.1 Å². The predicted molar refractivity (Wildman–Crippen MR) is 106 cm³/mol. The molecule has 0 saturated heterocycles. The minimum atomic E-state index is 0.656. The fourth-order valence-electron chi connectivity index (χ4n) is 2.40. The largest absolute Gasteiger partial charge is 0.494 e. The molecular formula is C22H31NO2. The van der Waals surface area contributed by atoms with E-state index in [0.717, 1.165) is 56.2 Å². The minimum Gasteiger partial charge on any atom is -0.494 e. The molecule has 3 heteroatoms. The van der Waals surface area contributed by atoms with E-state index in [9.17, 15) is 0 Å². The summed E-state index contributed by atoms with van der Waals surface area (Å²) in [6, 6.07) is 16.4. The number of rotatable bonds is 11. The van der Waals surface area contributed by atoms with Crippen LogP contribution in [0.15, 0.2) is 48.5 Å². The maximum atomic E-state index is 5.95. The van der Waals surface area contributed by atoms with Crippen LogP contribution in [-0.4, -0.2) is 13.2 Å². The first-order chi connectivity index (χ1) is 12.2. The van der Waals surface area contributed by atoms with Gasteiger partial charge in [0.05, 0.1) is 13.2 Å². The summed E-state index contributed by atoms with van der Waals surface area (Å²) in [6.07, 6.45) is 3.31. The summed E-state index contributed by atoms with van der Waals surface area (Å²) in [4.78, 5) is 0. The van der Waals surface area contributed by atoms with Gasteiger partial charge in [0.1, 0.15) is 11.5 Å². The van der Waals surface area contributed by atoms with Crippen LogP contribution in [0.2, 0.25) is 0 Å². The molecule has 0 bridgehead atoms. The van der Waals surface area contributed by atoms with Gasteiger partial charge >= 0.3 is 0 Å². The second-order valence-corrected chi connectivity index (χ2v) is 6.72. The zero-order valence-electron chi connectivity index (χ0n) is 15.8. The molecule has 0 aromatic heterocycles. The molecule has 0 spiro atoms. The van der Waals surface area contributed by atoms with E-state index in [0.29, 0.717) is 5.92 Å². The Balaban J connectivity index is 1.86. The first kappa shape index (κ1) is 19.2. The zero-order chi connectivity index (χ0) is 17.9. The molecule has 2 rings (SSSR count). The molecule has 2 aromatic carbocycles. The van der Waals surface area contributed by atoms with Gasteiger partial charge in [-0.15, -0.1) is 0 Å². The highest BCUT2D eigenvalue weighted by molar-refractivity contribution is 5.47. The van der Waals surface area contributed by atoms with Crippen LogP contribution in [0, 0.1) is 5.92 Å². The monoisotopic (exact) mass is 341 g/mol. The average molecular weight is 341 g/mol. The molecule has 0 aliphatic rings. The van der Waals surface area contributed by atoms with E-state index in [1.54, 1.807) is 0 Å². The number of hydrogen-bond acceptors (Lipinski definition) is 3. The fraction of sp³-hybridized carbons (Fsp3) is 0.455. The van der Waals surface area contributed by atoms with Gasteiger partial charge in [-0.3, -0.25) is 0 Å². The SMILES string of the molecule is CCCCOc1ccc(NCc2ccccc2OCCC(C)C)cc1. The van der Waals surface area contributed by atoms with E-state index in [1.165, 1.54) is 5.56 Å². The second-order valence-electron chi connectivity index (χ2n) is 6.72. The molecule has 0 radical (unpaired) electrons. The first-order valence-corrected chi connectivity index (χ1v) is 9.36. The van der Waals surface area contributed by atoms with Crippen LogP contribution in [0.3, 0.4) is 0 Å². The van der Waals surface area contributed by atoms with Crippen molar-refractivity contribution in [2.75, 3.05) is 18.5 Å². The van der Waals surface area contributed by atoms with Crippen LogP contribution in [0.25, 0.3) is 0 Å². The third kappa shape index (κ3) is 7.08. The van der Waals surface area contributed by atoms with Crippen molar-refractivity contribution in [3.8, 4) is 11.5 Å². The summed E-state index contributed by atoms with van der Waals surface area (Å²) < 4.78 is 11.6. The molecule has 136 valence electrons. The number of nitrogens with one attached hydrogen (secondary N) is 1. The standard InChI is InChI=1S/C22H31NO2/c1-4-5-15-24-21-12-10-20(11-13-21)23-17-19-8-6-7-9-22(19)25-16-14-18(2)3/h6-13,18,23H,4-5,14-17H2,1-3H3. The highest BCUT2D eigenvalue weighted by atomic mass is 16.5. The first-order valence-electron chi connectivity index (χ1n) is 9.36. The van der Waals surface area contributed by atoms with Crippen molar-refractivity contribution in [1.29, 1.82) is 0 Å². The summed E-state index contributed by atoms with van der Waals surface area (Å²) in [6.45, 7) is 8.89. The second kappa shape index (κ2) is 10.7. The molecule has 0 aliphatic carbocycles. The molecule has 2 aromatic rings. The lowest BCUT2D eigenvalue weighted by molar-refractivity contribution is 0.287. The molecule has 25 heavy (non-hydrogen) atoms. The summed E-state index contributed by atoms with van der Waals surface area (Å²) in [5, 5.41) is 3.46. The molecule has 1 N–H and O–H groups in total. The third-order valence-corrected chi connectivity index (χ3v) is 4.03. The number of benzene rings is 2. The Morgan fingerprint density at radius 1 is 0.920 bits per heavy atom. The Morgan fingerprint density at radius 3 is 2.40 bits per heavy atom. The average Bonchev–Trinajstić information content (AvgIpc) is 2.62. The molecule has 0 aliphatic heterocycles. The van der Waals surface area contributed by atoms with Crippen molar-refractivity contribution < 1.29 is 9.47 Å². The molecular weight excluding hydrogens is 310 g/mol. The molecule has 3 nitrogen and oxygen atoms in total. The van der Waals surface area contributed by atoms with E-state index < -0.39 is 0 Å². The Hall–Kier alpha value is -2.16. The third-order valence-electron chi connectivity index (χ3n) is 4.03. The normalized spacial score (nSPS) is 10.7. The number of para-hydroxylation sites is 1. The quantitative estimate of drug-likeness (QED) is 0.516. The number of ether oxygens (including phenoxy) is 2. The van der Waals surface area contributed by atoms with Crippen molar-refractivity contribution in [3.05, 3.63) is 54.1 Å². The lowest BCUT2D eigenvalue weighted by Gasteiger charge is -2.14. The molecule has 0 saturated carbocycles. The summed E-state index contributed by atoms with van der Waals surface area (Å²) in [5.74, 6) is 2.55. The van der Waals surface area contributed by atoms with Crippen molar-refractivity contribution in [1.82, 2.24) is 0 Å². The van der Waals surface area contributed by atoms with E-state index in [4.69, 9.17) is 9.47 Å². The highest BCUT2D eigenvalue weighted by Crippen LogP contribution is 2.21. The van der Waals surface area contributed by atoms with Crippen LogP contribution < -0.4 is 14.8 Å². The molecule has 0 amide bonds. The Morgan fingerprint density at radius 2 is 1.68 bits per heavy atom. The van der Waals surface area contributed by atoms with E-state index in [1.807, 2.05) is 24.3 Å². The Bertz CT molecular complexity index is 608. The van der Waals surface area contributed by atoms with Crippen molar-refractivity contribution in [2.45, 2.75) is 46.6 Å². The van der Waals surface area contributed by atoms with Crippen molar-refractivity contribution in [2.24, 2.45) is 5.92 Å². The van der Waals surface area contributed by atoms with Crippen LogP contribution in [-0.2, 0) is 6.54 Å². The van der Waals surface area contributed by atoms with Gasteiger partial charge in [-0.25, -0.2) is 0 Å². The maximum Gasteiger partial charge on any atom is 0.124 e. The van der Waals surface area contributed by atoms with Gasteiger partial charge in [-0.2, -0.15) is 0 Å². The summed E-state index contributed by atoms with van der Waals surface area (Å²) in [5.41, 5.74) is 2.26. The smallest absolute Gasteiger partial charge is 0.124 e. The van der Waals surface area contributed by atoms with E-state index >= 15 is 0 Å². The van der Waals surface area contributed by atoms with E-state index in [2.05, 4.69) is 50.4 Å². The number of anilines is 1. The van der Waals surface area contributed by atoms with Crippen LogP contribution >= 0.6 is 0 Å². The van der Waals surface area contributed by atoms with Gasteiger partial charge in [0, 0.05) is 17.8 Å². The van der Waals surface area contributed by atoms with Crippen LogP contribution in [0.4, 0.5) is 5.69 Å². The predicted octanol–water partition coefficient (Wildman–Crippen LogP) is 5.90. The minimum absolute atomic E-state index is 0.656. The van der Waals surface area contributed by atoms with Crippen LogP contribution in [0.1, 0.15) is 45.6 Å². The molecule has 0 atom stereocenters. The lowest BCUT2D eigenvalue weighted by Crippen LogP contribution is -2.06. The van der Waals surface area contributed by atoms with Crippen molar-refractivity contribution in [3.63, 3.8) is 0 Å². The Labute approximate surface area is 152 Å². The van der Waals surface area contributed by atoms with Gasteiger partial charge in [-0.1, -0.05) is 45.4 Å². The molecule has 0 fully saturated rings. The summed E-state index contributed by atoms with van der Waals surface area (Å²) in [7, 11) is 0. The molecule has 0 heterocycles. The Kier molecular flexibility index (Phi) is 8.17. The van der Waals surface area contributed by atoms with Crippen LogP contribution in [0.5, 0.6) is 11.5 Å². The van der Waals surface area contributed by atoms with Crippen molar-refractivity contribution >= 4 is 5.69 Å².